The van der Waals surface area contributed by atoms with E-state index < -0.39 is 0 Å². The minimum absolute atomic E-state index is 0.239. The molecule has 5 heteroatoms. The Morgan fingerprint density at radius 2 is 2.25 bits per heavy atom. The highest BCUT2D eigenvalue weighted by Gasteiger charge is 2.12. The zero-order valence-electron chi connectivity index (χ0n) is 11.8. The minimum Gasteiger partial charge on any atom is -0.361 e. The highest BCUT2D eigenvalue weighted by Crippen LogP contribution is 2.23. The number of nitrogens with one attached hydrogen (secondary N) is 1. The Morgan fingerprint density at radius 1 is 1.40 bits per heavy atom. The van der Waals surface area contributed by atoms with Crippen LogP contribution in [-0.4, -0.2) is 10.1 Å². The maximum absolute atomic E-state index is 5.18. The van der Waals surface area contributed by atoms with E-state index in [1.165, 1.54) is 10.3 Å². The average Bonchev–Trinajstić information content (AvgIpc) is 3.03. The highest BCUT2D eigenvalue weighted by atomic mass is 32.1. The van der Waals surface area contributed by atoms with Crippen molar-refractivity contribution in [1.82, 2.24) is 15.5 Å². The zero-order valence-corrected chi connectivity index (χ0v) is 12.6. The summed E-state index contributed by atoms with van der Waals surface area (Å²) in [5.74, 6) is 0.883. The van der Waals surface area contributed by atoms with Crippen molar-refractivity contribution in [3.05, 3.63) is 46.3 Å². The molecule has 0 aliphatic rings. The van der Waals surface area contributed by atoms with Crippen molar-refractivity contribution >= 4 is 21.6 Å². The number of aryl methyl sites for hydroxylation is 2. The van der Waals surface area contributed by atoms with Crippen molar-refractivity contribution in [1.29, 1.82) is 0 Å². The van der Waals surface area contributed by atoms with Crippen LogP contribution in [0.15, 0.2) is 28.2 Å². The smallest absolute Gasteiger partial charge is 0.138 e. The predicted molar refractivity (Wildman–Crippen MR) is 80.9 cm³/mol. The number of fused-ring (bicyclic) bond motifs is 1. The van der Waals surface area contributed by atoms with Crippen molar-refractivity contribution in [2.24, 2.45) is 0 Å². The zero-order chi connectivity index (χ0) is 14.1. The van der Waals surface area contributed by atoms with Gasteiger partial charge < -0.3 is 9.84 Å². The fraction of sp³-hybridized carbons (Fsp3) is 0.333. The number of rotatable bonds is 4. The van der Waals surface area contributed by atoms with Gasteiger partial charge in [-0.05, 0) is 43.8 Å². The molecular formula is C15H17N3OS. The molecule has 0 amide bonds. The number of pyridine rings is 1. The van der Waals surface area contributed by atoms with Crippen LogP contribution in [0.5, 0.6) is 0 Å². The standard InChI is InChI=1S/C15H17N3OS/c1-9(16-8-13-10(2)18-19-11(13)3)12-6-15-14(17-7-12)4-5-20-15/h4-7,9,16H,8H2,1-3H3. The van der Waals surface area contributed by atoms with Gasteiger partial charge in [-0.25, -0.2) is 0 Å². The summed E-state index contributed by atoms with van der Waals surface area (Å²) in [7, 11) is 0. The third-order valence-corrected chi connectivity index (χ3v) is 4.44. The lowest BCUT2D eigenvalue weighted by Gasteiger charge is -2.13. The number of hydrogen-bond acceptors (Lipinski definition) is 5. The van der Waals surface area contributed by atoms with Crippen LogP contribution in [0, 0.1) is 13.8 Å². The summed E-state index contributed by atoms with van der Waals surface area (Å²) in [5.41, 5.74) is 4.36. The predicted octanol–water partition coefficient (Wildman–Crippen LogP) is 3.75. The first-order chi connectivity index (χ1) is 9.65. The van der Waals surface area contributed by atoms with Crippen molar-refractivity contribution in [2.45, 2.75) is 33.4 Å². The summed E-state index contributed by atoms with van der Waals surface area (Å²) in [6, 6.07) is 4.49. The summed E-state index contributed by atoms with van der Waals surface area (Å²) in [6.07, 6.45) is 1.94. The molecule has 1 unspecified atom stereocenters. The first-order valence-electron chi connectivity index (χ1n) is 6.63. The van der Waals surface area contributed by atoms with Crippen LogP contribution >= 0.6 is 11.3 Å². The molecule has 1 N–H and O–H groups in total. The van der Waals surface area contributed by atoms with Gasteiger partial charge >= 0.3 is 0 Å². The number of hydrogen-bond donors (Lipinski definition) is 1. The Balaban J connectivity index is 1.74. The maximum Gasteiger partial charge on any atom is 0.138 e. The van der Waals surface area contributed by atoms with E-state index in [4.69, 9.17) is 4.52 Å². The van der Waals surface area contributed by atoms with Crippen molar-refractivity contribution < 1.29 is 4.52 Å². The van der Waals surface area contributed by atoms with E-state index >= 15 is 0 Å². The van der Waals surface area contributed by atoms with Crippen LogP contribution in [0.1, 0.15) is 35.5 Å². The lowest BCUT2D eigenvalue weighted by Crippen LogP contribution is -2.18. The SMILES string of the molecule is Cc1noc(C)c1CNC(C)c1cnc2ccsc2c1. The molecule has 3 rings (SSSR count). The van der Waals surface area contributed by atoms with E-state index in [0.29, 0.717) is 0 Å². The van der Waals surface area contributed by atoms with Gasteiger partial charge in [0.1, 0.15) is 5.76 Å². The Morgan fingerprint density at radius 3 is 3.00 bits per heavy atom. The molecule has 0 saturated heterocycles. The topological polar surface area (TPSA) is 51.0 Å². The van der Waals surface area contributed by atoms with Crippen LogP contribution in [0.25, 0.3) is 10.2 Å². The quantitative estimate of drug-likeness (QED) is 0.794. The third kappa shape index (κ3) is 2.46. The molecule has 0 aromatic carbocycles. The molecule has 3 aromatic heterocycles. The van der Waals surface area contributed by atoms with Gasteiger partial charge in [0.05, 0.1) is 15.9 Å². The molecule has 0 radical (unpaired) electrons. The van der Waals surface area contributed by atoms with Gasteiger partial charge in [0.25, 0.3) is 0 Å². The molecule has 0 fully saturated rings. The van der Waals surface area contributed by atoms with Gasteiger partial charge in [-0.2, -0.15) is 0 Å². The summed E-state index contributed by atoms with van der Waals surface area (Å²) in [5, 5.41) is 9.55. The number of aromatic nitrogens is 2. The van der Waals surface area contributed by atoms with E-state index in [1.807, 2.05) is 26.1 Å². The van der Waals surface area contributed by atoms with Gasteiger partial charge in [0.2, 0.25) is 0 Å². The Bertz CT molecular complexity index is 712. The van der Waals surface area contributed by atoms with Gasteiger partial charge in [-0.15, -0.1) is 11.3 Å². The second kappa shape index (κ2) is 5.34. The second-order valence-electron chi connectivity index (χ2n) is 4.98. The fourth-order valence-corrected chi connectivity index (χ4v) is 3.01. The number of thiophene rings is 1. The largest absolute Gasteiger partial charge is 0.361 e. The lowest BCUT2D eigenvalue weighted by atomic mass is 10.1. The summed E-state index contributed by atoms with van der Waals surface area (Å²) in [6.45, 7) is 6.82. The molecule has 0 bridgehead atoms. The maximum atomic E-state index is 5.18. The van der Waals surface area contributed by atoms with E-state index in [0.717, 1.165) is 29.1 Å². The van der Waals surface area contributed by atoms with Gasteiger partial charge in [0, 0.05) is 24.3 Å². The van der Waals surface area contributed by atoms with Crippen molar-refractivity contribution in [3.63, 3.8) is 0 Å². The molecule has 3 heterocycles. The van der Waals surface area contributed by atoms with Crippen LogP contribution in [0.2, 0.25) is 0 Å². The second-order valence-corrected chi connectivity index (χ2v) is 5.93. The molecule has 0 aliphatic heterocycles. The van der Waals surface area contributed by atoms with Gasteiger partial charge in [-0.1, -0.05) is 5.16 Å². The molecule has 4 nitrogen and oxygen atoms in total. The first-order valence-corrected chi connectivity index (χ1v) is 7.51. The first kappa shape index (κ1) is 13.3. The molecule has 104 valence electrons. The highest BCUT2D eigenvalue weighted by molar-refractivity contribution is 7.17. The van der Waals surface area contributed by atoms with Crippen LogP contribution in [0.4, 0.5) is 0 Å². The molecule has 1 atom stereocenters. The Kier molecular flexibility index (Phi) is 3.54. The van der Waals surface area contributed by atoms with E-state index in [-0.39, 0.29) is 6.04 Å². The molecule has 0 aliphatic carbocycles. The summed E-state index contributed by atoms with van der Waals surface area (Å²) >= 11 is 1.72. The molecule has 20 heavy (non-hydrogen) atoms. The molecule has 0 spiro atoms. The fourth-order valence-electron chi connectivity index (χ4n) is 2.23. The van der Waals surface area contributed by atoms with Gasteiger partial charge in [-0.3, -0.25) is 4.98 Å². The van der Waals surface area contributed by atoms with Crippen LogP contribution < -0.4 is 5.32 Å². The normalized spacial score (nSPS) is 12.9. The Hall–Kier alpha value is -1.72. The summed E-state index contributed by atoms with van der Waals surface area (Å²) < 4.78 is 6.41. The van der Waals surface area contributed by atoms with Crippen molar-refractivity contribution in [3.8, 4) is 0 Å². The minimum atomic E-state index is 0.239. The monoisotopic (exact) mass is 287 g/mol. The van der Waals surface area contributed by atoms with Crippen LogP contribution in [0.3, 0.4) is 0 Å². The number of nitrogens with zero attached hydrogens (tertiary/aromatic N) is 2. The lowest BCUT2D eigenvalue weighted by molar-refractivity contribution is 0.391. The third-order valence-electron chi connectivity index (χ3n) is 3.59. The van der Waals surface area contributed by atoms with Crippen LogP contribution in [-0.2, 0) is 6.54 Å². The van der Waals surface area contributed by atoms with Gasteiger partial charge in [0.15, 0.2) is 0 Å². The average molecular weight is 287 g/mol. The van der Waals surface area contributed by atoms with E-state index in [1.54, 1.807) is 11.3 Å². The van der Waals surface area contributed by atoms with E-state index in [9.17, 15) is 0 Å². The molecule has 0 saturated carbocycles. The molecule has 3 aromatic rings. The van der Waals surface area contributed by atoms with E-state index in [2.05, 4.69) is 33.8 Å². The van der Waals surface area contributed by atoms with Crippen molar-refractivity contribution in [2.75, 3.05) is 0 Å². The molecular weight excluding hydrogens is 270 g/mol. The Labute approximate surface area is 121 Å². The summed E-state index contributed by atoms with van der Waals surface area (Å²) in [4.78, 5) is 4.48.